The van der Waals surface area contributed by atoms with Crippen LogP contribution in [0.3, 0.4) is 0 Å². The van der Waals surface area contributed by atoms with Gasteiger partial charge in [-0.1, -0.05) is 23.7 Å². The summed E-state index contributed by atoms with van der Waals surface area (Å²) in [5.74, 6) is 1.74. The molecule has 30 heavy (non-hydrogen) atoms. The standard InChI is InChI=1S/C23H19ClN6/c24-22-19(7-9-30-21(10-15-3-4-15)26-27-23(22)30)17-5-6-20-18(11-17)14-29(28-20)13-16-2-1-8-25-12-16/h1-2,5-9,11-12,14-15H,3-4,10,13H2. The van der Waals surface area contributed by atoms with Gasteiger partial charge in [-0.3, -0.25) is 14.1 Å². The average Bonchev–Trinajstić information content (AvgIpc) is 3.34. The molecule has 1 fully saturated rings. The van der Waals surface area contributed by atoms with Gasteiger partial charge < -0.3 is 0 Å². The molecule has 0 amide bonds. The molecule has 1 aliphatic rings. The van der Waals surface area contributed by atoms with Gasteiger partial charge in [0.05, 0.1) is 17.1 Å². The fourth-order valence-corrected chi connectivity index (χ4v) is 4.22. The molecule has 4 heterocycles. The van der Waals surface area contributed by atoms with Gasteiger partial charge in [-0.25, -0.2) is 0 Å². The normalized spacial score (nSPS) is 14.0. The van der Waals surface area contributed by atoms with Crippen LogP contribution in [-0.4, -0.2) is 29.4 Å². The highest BCUT2D eigenvalue weighted by Crippen LogP contribution is 2.35. The summed E-state index contributed by atoms with van der Waals surface area (Å²) in [5.41, 5.74) is 4.79. The summed E-state index contributed by atoms with van der Waals surface area (Å²) < 4.78 is 3.97. The Balaban J connectivity index is 1.36. The van der Waals surface area contributed by atoms with Crippen LogP contribution in [0.15, 0.2) is 61.2 Å². The van der Waals surface area contributed by atoms with E-state index in [2.05, 4.69) is 50.7 Å². The number of aromatic nitrogens is 6. The van der Waals surface area contributed by atoms with Crippen LogP contribution in [0.4, 0.5) is 0 Å². The highest BCUT2D eigenvalue weighted by Gasteiger charge is 2.24. The maximum absolute atomic E-state index is 6.75. The van der Waals surface area contributed by atoms with Crippen molar-refractivity contribution in [2.75, 3.05) is 0 Å². The van der Waals surface area contributed by atoms with Gasteiger partial charge in [0.2, 0.25) is 0 Å². The summed E-state index contributed by atoms with van der Waals surface area (Å²) >= 11 is 6.75. The first-order valence-electron chi connectivity index (χ1n) is 10.1. The van der Waals surface area contributed by atoms with Crippen LogP contribution >= 0.6 is 11.6 Å². The molecule has 0 aliphatic heterocycles. The second-order valence-electron chi connectivity index (χ2n) is 7.96. The zero-order valence-corrected chi connectivity index (χ0v) is 17.0. The molecule has 0 spiro atoms. The van der Waals surface area contributed by atoms with Crippen molar-refractivity contribution < 1.29 is 0 Å². The number of hydrogen-bond donors (Lipinski definition) is 0. The van der Waals surface area contributed by atoms with Crippen LogP contribution in [0.25, 0.3) is 27.7 Å². The summed E-state index contributed by atoms with van der Waals surface area (Å²) in [7, 11) is 0. The molecule has 6 nitrogen and oxygen atoms in total. The number of fused-ring (bicyclic) bond motifs is 2. The van der Waals surface area contributed by atoms with E-state index in [9.17, 15) is 0 Å². The first-order chi connectivity index (χ1) is 14.7. The molecule has 0 bridgehead atoms. The van der Waals surface area contributed by atoms with Crippen molar-refractivity contribution in [1.82, 2.24) is 29.4 Å². The van der Waals surface area contributed by atoms with E-state index in [-0.39, 0.29) is 0 Å². The lowest BCUT2D eigenvalue weighted by atomic mass is 10.1. The molecule has 0 radical (unpaired) electrons. The largest absolute Gasteiger partial charge is 0.285 e. The monoisotopic (exact) mass is 414 g/mol. The topological polar surface area (TPSA) is 60.9 Å². The lowest BCUT2D eigenvalue weighted by molar-refractivity contribution is 0.693. The lowest BCUT2D eigenvalue weighted by Crippen LogP contribution is -1.99. The van der Waals surface area contributed by atoms with E-state index in [0.29, 0.717) is 11.6 Å². The minimum atomic E-state index is 0.633. The number of nitrogens with zero attached hydrogens (tertiary/aromatic N) is 6. The highest BCUT2D eigenvalue weighted by molar-refractivity contribution is 6.36. The first kappa shape index (κ1) is 17.6. The number of hydrogen-bond acceptors (Lipinski definition) is 4. The van der Waals surface area contributed by atoms with Crippen molar-refractivity contribution in [2.24, 2.45) is 5.92 Å². The van der Waals surface area contributed by atoms with Crippen molar-refractivity contribution in [3.8, 4) is 11.1 Å². The summed E-state index contributed by atoms with van der Waals surface area (Å²) in [4.78, 5) is 4.18. The minimum absolute atomic E-state index is 0.633. The predicted octanol–water partition coefficient (Wildman–Crippen LogP) is 4.80. The van der Waals surface area contributed by atoms with E-state index in [1.807, 2.05) is 33.6 Å². The maximum Gasteiger partial charge on any atom is 0.180 e. The Hall–Kier alpha value is -3.25. The molecule has 7 heteroatoms. The van der Waals surface area contributed by atoms with Crippen molar-refractivity contribution in [1.29, 1.82) is 0 Å². The van der Waals surface area contributed by atoms with Gasteiger partial charge in [-0.2, -0.15) is 5.10 Å². The van der Waals surface area contributed by atoms with E-state index < -0.39 is 0 Å². The van der Waals surface area contributed by atoms with Crippen molar-refractivity contribution in [2.45, 2.75) is 25.8 Å². The predicted molar refractivity (Wildman–Crippen MR) is 116 cm³/mol. The van der Waals surface area contributed by atoms with Crippen LogP contribution < -0.4 is 0 Å². The minimum Gasteiger partial charge on any atom is -0.285 e. The molecule has 0 atom stereocenters. The molecule has 5 aromatic rings. The zero-order chi connectivity index (χ0) is 20.1. The molecular weight excluding hydrogens is 396 g/mol. The molecule has 0 unspecified atom stereocenters. The molecular formula is C23H19ClN6. The Morgan fingerprint density at radius 1 is 1.10 bits per heavy atom. The third-order valence-corrected chi connectivity index (χ3v) is 6.06. The van der Waals surface area contributed by atoms with Gasteiger partial charge in [0, 0.05) is 42.2 Å². The maximum atomic E-state index is 6.75. The zero-order valence-electron chi connectivity index (χ0n) is 16.2. The molecule has 1 aliphatic carbocycles. The van der Waals surface area contributed by atoms with Crippen molar-refractivity contribution >= 4 is 28.2 Å². The second kappa shape index (κ2) is 6.92. The molecule has 1 saturated carbocycles. The lowest BCUT2D eigenvalue weighted by Gasteiger charge is -2.07. The molecule has 1 aromatic carbocycles. The van der Waals surface area contributed by atoms with E-state index >= 15 is 0 Å². The van der Waals surface area contributed by atoms with Crippen LogP contribution in [0.1, 0.15) is 24.2 Å². The number of pyridine rings is 2. The average molecular weight is 415 g/mol. The number of benzene rings is 1. The van der Waals surface area contributed by atoms with Crippen molar-refractivity contribution in [3.05, 3.63) is 77.6 Å². The van der Waals surface area contributed by atoms with Gasteiger partial charge in [0.1, 0.15) is 5.82 Å². The molecule has 148 valence electrons. The molecule has 6 rings (SSSR count). The van der Waals surface area contributed by atoms with Gasteiger partial charge in [-0.15, -0.1) is 10.2 Å². The van der Waals surface area contributed by atoms with E-state index in [4.69, 9.17) is 11.6 Å². The fraction of sp³-hybridized carbons (Fsp3) is 0.217. The summed E-state index contributed by atoms with van der Waals surface area (Å²) in [6, 6.07) is 12.3. The fourth-order valence-electron chi connectivity index (χ4n) is 3.92. The van der Waals surface area contributed by atoms with E-state index in [1.165, 1.54) is 12.8 Å². The van der Waals surface area contributed by atoms with Crippen LogP contribution in [0.5, 0.6) is 0 Å². The Labute approximate surface area is 178 Å². The van der Waals surface area contributed by atoms with Gasteiger partial charge in [0.25, 0.3) is 0 Å². The Morgan fingerprint density at radius 3 is 2.87 bits per heavy atom. The summed E-state index contributed by atoms with van der Waals surface area (Å²) in [6.45, 7) is 0.689. The quantitative estimate of drug-likeness (QED) is 0.414. The van der Waals surface area contributed by atoms with Gasteiger partial charge in [-0.05, 0) is 54.2 Å². The third kappa shape index (κ3) is 3.13. The number of halogens is 1. The third-order valence-electron chi connectivity index (χ3n) is 5.69. The Bertz CT molecular complexity index is 1370. The van der Waals surface area contributed by atoms with Gasteiger partial charge in [0.15, 0.2) is 5.65 Å². The smallest absolute Gasteiger partial charge is 0.180 e. The SMILES string of the molecule is Clc1c(-c2ccc3nn(Cc4cccnc4)cc3c2)ccn2c(CC3CC3)nnc12. The number of rotatable bonds is 5. The second-order valence-corrected chi connectivity index (χ2v) is 8.34. The van der Waals surface area contributed by atoms with Crippen LogP contribution in [0, 0.1) is 5.92 Å². The highest BCUT2D eigenvalue weighted by atomic mass is 35.5. The van der Waals surface area contributed by atoms with Crippen LogP contribution in [-0.2, 0) is 13.0 Å². The van der Waals surface area contributed by atoms with E-state index in [1.54, 1.807) is 6.20 Å². The summed E-state index contributed by atoms with van der Waals surface area (Å²) in [5, 5.41) is 15.1. The van der Waals surface area contributed by atoms with Gasteiger partial charge >= 0.3 is 0 Å². The Kier molecular flexibility index (Phi) is 4.06. The van der Waals surface area contributed by atoms with E-state index in [0.717, 1.165) is 51.4 Å². The molecule has 0 saturated heterocycles. The first-order valence-corrected chi connectivity index (χ1v) is 10.5. The molecule has 0 N–H and O–H groups in total. The molecule has 4 aromatic heterocycles. The van der Waals surface area contributed by atoms with Crippen LogP contribution in [0.2, 0.25) is 5.02 Å². The Morgan fingerprint density at radius 2 is 2.03 bits per heavy atom. The summed E-state index contributed by atoms with van der Waals surface area (Å²) in [6.07, 6.45) is 11.3. The van der Waals surface area contributed by atoms with Crippen molar-refractivity contribution in [3.63, 3.8) is 0 Å².